The second-order valence-corrected chi connectivity index (χ2v) is 4.94. The summed E-state index contributed by atoms with van der Waals surface area (Å²) in [6.07, 6.45) is 1.34. The number of hydrogen-bond acceptors (Lipinski definition) is 3. The van der Waals surface area contributed by atoms with Crippen LogP contribution in [0.25, 0.3) is 0 Å². The lowest BCUT2D eigenvalue weighted by Crippen LogP contribution is -2.39. The second kappa shape index (κ2) is 7.26. The van der Waals surface area contributed by atoms with E-state index in [4.69, 9.17) is 16.3 Å². The fourth-order valence-corrected chi connectivity index (χ4v) is 2.22. The van der Waals surface area contributed by atoms with Gasteiger partial charge in [0.25, 0.3) is 5.91 Å². The Bertz CT molecular complexity index is 487. The van der Waals surface area contributed by atoms with Crippen LogP contribution in [0.3, 0.4) is 0 Å². The van der Waals surface area contributed by atoms with Crippen LogP contribution in [0.5, 0.6) is 0 Å². The molecule has 1 saturated heterocycles. The molecule has 1 aromatic carbocycles. The fraction of sp³-hybridized carbons (Fsp3) is 0.429. The predicted molar refractivity (Wildman–Crippen MR) is 75.8 cm³/mol. The molecule has 0 aliphatic carbocycles. The van der Waals surface area contributed by atoms with E-state index in [2.05, 4.69) is 10.6 Å². The van der Waals surface area contributed by atoms with Gasteiger partial charge in [-0.15, -0.1) is 0 Å². The maximum atomic E-state index is 11.8. The Morgan fingerprint density at radius 3 is 2.70 bits per heavy atom. The molecule has 1 aromatic rings. The minimum absolute atomic E-state index is 0.116. The molecule has 20 heavy (non-hydrogen) atoms. The quantitative estimate of drug-likeness (QED) is 0.806. The van der Waals surface area contributed by atoms with Crippen LogP contribution in [0.2, 0.25) is 5.02 Å². The number of nitrogens with one attached hydrogen (secondary N) is 2. The van der Waals surface area contributed by atoms with Crippen molar-refractivity contribution in [2.24, 2.45) is 0 Å². The summed E-state index contributed by atoms with van der Waals surface area (Å²) in [5.74, 6) is -0.364. The summed E-state index contributed by atoms with van der Waals surface area (Å²) in [6, 6.07) is 6.83. The minimum Gasteiger partial charge on any atom is -0.368 e. The molecule has 1 aliphatic rings. The summed E-state index contributed by atoms with van der Waals surface area (Å²) in [7, 11) is 0. The number of benzene rings is 1. The van der Waals surface area contributed by atoms with E-state index in [1.807, 2.05) is 0 Å². The zero-order valence-electron chi connectivity index (χ0n) is 11.0. The number of amides is 2. The molecule has 0 aromatic heterocycles. The van der Waals surface area contributed by atoms with Gasteiger partial charge in [-0.3, -0.25) is 9.59 Å². The van der Waals surface area contributed by atoms with Crippen molar-refractivity contribution in [2.75, 3.05) is 19.7 Å². The van der Waals surface area contributed by atoms with Crippen LogP contribution in [0.15, 0.2) is 24.3 Å². The lowest BCUT2D eigenvalue weighted by Gasteiger charge is -2.11. The van der Waals surface area contributed by atoms with Gasteiger partial charge >= 0.3 is 0 Å². The van der Waals surface area contributed by atoms with Crippen LogP contribution in [0.1, 0.15) is 23.2 Å². The van der Waals surface area contributed by atoms with Gasteiger partial charge < -0.3 is 15.4 Å². The molecular weight excluding hydrogens is 280 g/mol. The van der Waals surface area contributed by atoms with E-state index in [0.29, 0.717) is 30.3 Å². The van der Waals surface area contributed by atoms with Crippen molar-refractivity contribution in [2.45, 2.75) is 18.9 Å². The van der Waals surface area contributed by atoms with Gasteiger partial charge in [0.1, 0.15) is 6.10 Å². The molecule has 1 aliphatic heterocycles. The second-order valence-electron chi connectivity index (χ2n) is 4.53. The van der Waals surface area contributed by atoms with Crippen LogP contribution in [0.4, 0.5) is 0 Å². The highest BCUT2D eigenvalue weighted by Gasteiger charge is 2.22. The molecule has 1 atom stereocenters. The molecule has 6 heteroatoms. The molecule has 1 unspecified atom stereocenters. The molecule has 1 heterocycles. The molecule has 0 spiro atoms. The first-order valence-corrected chi connectivity index (χ1v) is 6.98. The number of ether oxygens (including phenoxy) is 1. The number of halogens is 1. The predicted octanol–water partition coefficient (Wildman–Crippen LogP) is 1.37. The Labute approximate surface area is 122 Å². The summed E-state index contributed by atoms with van der Waals surface area (Å²) in [6.45, 7) is 1.36. The minimum atomic E-state index is -0.339. The van der Waals surface area contributed by atoms with E-state index < -0.39 is 0 Å². The van der Waals surface area contributed by atoms with Crippen molar-refractivity contribution in [1.82, 2.24) is 10.6 Å². The lowest BCUT2D eigenvalue weighted by molar-refractivity contribution is -0.129. The van der Waals surface area contributed by atoms with Gasteiger partial charge in [0, 0.05) is 19.7 Å². The number of rotatable bonds is 5. The monoisotopic (exact) mass is 296 g/mol. The normalized spacial score (nSPS) is 17.8. The first-order chi connectivity index (χ1) is 9.68. The van der Waals surface area contributed by atoms with E-state index in [-0.39, 0.29) is 17.9 Å². The largest absolute Gasteiger partial charge is 0.368 e. The highest BCUT2D eigenvalue weighted by Crippen LogP contribution is 2.14. The molecule has 1 fully saturated rings. The van der Waals surface area contributed by atoms with Gasteiger partial charge in [-0.2, -0.15) is 0 Å². The summed E-state index contributed by atoms with van der Waals surface area (Å²) in [4.78, 5) is 23.5. The summed E-state index contributed by atoms with van der Waals surface area (Å²) < 4.78 is 5.26. The Hall–Kier alpha value is -1.59. The van der Waals surface area contributed by atoms with Crippen molar-refractivity contribution in [1.29, 1.82) is 0 Å². The Kier molecular flexibility index (Phi) is 5.38. The summed E-state index contributed by atoms with van der Waals surface area (Å²) >= 11 is 5.92. The van der Waals surface area contributed by atoms with Gasteiger partial charge in [0.05, 0.1) is 10.6 Å². The van der Waals surface area contributed by atoms with Crippen molar-refractivity contribution in [3.05, 3.63) is 34.9 Å². The van der Waals surface area contributed by atoms with Crippen molar-refractivity contribution in [3.8, 4) is 0 Å². The average Bonchev–Trinajstić information content (AvgIpc) is 2.98. The average molecular weight is 297 g/mol. The van der Waals surface area contributed by atoms with Gasteiger partial charge in [-0.25, -0.2) is 0 Å². The third-order valence-electron chi connectivity index (χ3n) is 3.05. The van der Waals surface area contributed by atoms with Crippen molar-refractivity contribution >= 4 is 23.4 Å². The highest BCUT2D eigenvalue weighted by molar-refractivity contribution is 6.33. The van der Waals surface area contributed by atoms with E-state index in [9.17, 15) is 9.59 Å². The van der Waals surface area contributed by atoms with E-state index in [0.717, 1.165) is 12.8 Å². The number of hydrogen-bond donors (Lipinski definition) is 2. The van der Waals surface area contributed by atoms with Gasteiger partial charge in [-0.05, 0) is 25.0 Å². The van der Waals surface area contributed by atoms with E-state index in [1.54, 1.807) is 24.3 Å². The fourth-order valence-electron chi connectivity index (χ4n) is 2.00. The number of carbonyl (C=O) groups excluding carboxylic acids is 2. The van der Waals surface area contributed by atoms with Gasteiger partial charge in [0.2, 0.25) is 5.91 Å². The molecule has 108 valence electrons. The van der Waals surface area contributed by atoms with Crippen LogP contribution < -0.4 is 10.6 Å². The molecule has 0 bridgehead atoms. The van der Waals surface area contributed by atoms with E-state index >= 15 is 0 Å². The van der Waals surface area contributed by atoms with Crippen molar-refractivity contribution < 1.29 is 14.3 Å². The molecule has 0 saturated carbocycles. The standard InChI is InChI=1S/C14H17ClN2O3/c15-11-5-2-1-4-10(11)13(18)16-7-8-17-14(19)12-6-3-9-20-12/h1-2,4-5,12H,3,6-9H2,(H,16,18)(H,17,19). The Morgan fingerprint density at radius 1 is 1.25 bits per heavy atom. The third kappa shape index (κ3) is 3.95. The number of carbonyl (C=O) groups is 2. The Balaban J connectivity index is 1.69. The first kappa shape index (κ1) is 14.8. The van der Waals surface area contributed by atoms with Gasteiger partial charge in [-0.1, -0.05) is 23.7 Å². The molecular formula is C14H17ClN2O3. The first-order valence-electron chi connectivity index (χ1n) is 6.60. The topological polar surface area (TPSA) is 67.4 Å². The van der Waals surface area contributed by atoms with Crippen LogP contribution in [-0.2, 0) is 9.53 Å². The van der Waals surface area contributed by atoms with Crippen LogP contribution >= 0.6 is 11.6 Å². The zero-order chi connectivity index (χ0) is 14.4. The SMILES string of the molecule is O=C(NCCNC(=O)C1CCCO1)c1ccccc1Cl. The van der Waals surface area contributed by atoms with E-state index in [1.165, 1.54) is 0 Å². The Morgan fingerprint density at radius 2 is 2.00 bits per heavy atom. The zero-order valence-corrected chi connectivity index (χ0v) is 11.8. The maximum Gasteiger partial charge on any atom is 0.252 e. The molecule has 2 amide bonds. The summed E-state index contributed by atoms with van der Waals surface area (Å²) in [5, 5.41) is 5.85. The lowest BCUT2D eigenvalue weighted by atomic mass is 10.2. The molecule has 2 N–H and O–H groups in total. The molecule has 2 rings (SSSR count). The van der Waals surface area contributed by atoms with Crippen LogP contribution in [-0.4, -0.2) is 37.6 Å². The highest BCUT2D eigenvalue weighted by atomic mass is 35.5. The smallest absolute Gasteiger partial charge is 0.252 e. The summed E-state index contributed by atoms with van der Waals surface area (Å²) in [5.41, 5.74) is 0.430. The maximum absolute atomic E-state index is 11.8. The van der Waals surface area contributed by atoms with Gasteiger partial charge in [0.15, 0.2) is 0 Å². The van der Waals surface area contributed by atoms with Crippen LogP contribution in [0, 0.1) is 0 Å². The molecule has 0 radical (unpaired) electrons. The molecule has 5 nitrogen and oxygen atoms in total. The third-order valence-corrected chi connectivity index (χ3v) is 3.38. The van der Waals surface area contributed by atoms with Crippen molar-refractivity contribution in [3.63, 3.8) is 0 Å².